The second-order valence-corrected chi connectivity index (χ2v) is 3.89. The van der Waals surface area contributed by atoms with Crippen molar-refractivity contribution in [1.29, 1.82) is 0 Å². The summed E-state index contributed by atoms with van der Waals surface area (Å²) >= 11 is 5.81. The zero-order chi connectivity index (χ0) is 11.4. The molecule has 2 rings (SSSR count). The van der Waals surface area contributed by atoms with Gasteiger partial charge in [-0.15, -0.1) is 0 Å². The van der Waals surface area contributed by atoms with E-state index in [4.69, 9.17) is 16.7 Å². The van der Waals surface area contributed by atoms with E-state index in [1.807, 2.05) is 36.4 Å². The third-order valence-corrected chi connectivity index (χ3v) is 2.50. The van der Waals surface area contributed by atoms with Gasteiger partial charge in [0.25, 0.3) is 0 Å². The maximum atomic E-state index is 8.67. The van der Waals surface area contributed by atoms with Crippen molar-refractivity contribution in [2.24, 2.45) is 0 Å². The van der Waals surface area contributed by atoms with Crippen LogP contribution in [0.15, 0.2) is 36.4 Å². The number of aliphatic hydroxyl groups excluding tert-OH is 1. The van der Waals surface area contributed by atoms with Crippen LogP contribution in [0.25, 0.3) is 17.0 Å². The largest absolute Gasteiger partial charge is 0.396 e. The molecule has 1 heterocycles. The molecule has 0 aliphatic heterocycles. The minimum Gasteiger partial charge on any atom is -0.396 e. The molecule has 0 bridgehead atoms. The monoisotopic (exact) mass is 233 g/mol. The Morgan fingerprint density at radius 1 is 1.25 bits per heavy atom. The van der Waals surface area contributed by atoms with Crippen molar-refractivity contribution in [3.8, 4) is 0 Å². The molecule has 1 aromatic heterocycles. The van der Waals surface area contributed by atoms with Gasteiger partial charge in [0.15, 0.2) is 0 Å². The van der Waals surface area contributed by atoms with Crippen molar-refractivity contribution in [3.05, 3.63) is 47.1 Å². The van der Waals surface area contributed by atoms with Crippen LogP contribution in [0.4, 0.5) is 0 Å². The lowest BCUT2D eigenvalue weighted by atomic mass is 10.1. The molecule has 82 valence electrons. The summed E-state index contributed by atoms with van der Waals surface area (Å²) in [6.45, 7) is 0.182. The van der Waals surface area contributed by atoms with Crippen LogP contribution in [-0.2, 0) is 0 Å². The van der Waals surface area contributed by atoms with Crippen molar-refractivity contribution in [3.63, 3.8) is 0 Å². The lowest BCUT2D eigenvalue weighted by molar-refractivity contribution is 0.303. The number of rotatable bonds is 3. The molecule has 1 aromatic carbocycles. The minimum absolute atomic E-state index is 0.182. The summed E-state index contributed by atoms with van der Waals surface area (Å²) in [6.07, 6.45) is 4.62. The third kappa shape index (κ3) is 2.60. The van der Waals surface area contributed by atoms with E-state index in [2.05, 4.69) is 4.98 Å². The predicted molar refractivity (Wildman–Crippen MR) is 67.5 cm³/mol. The molecule has 3 heteroatoms. The first-order valence-electron chi connectivity index (χ1n) is 5.13. The zero-order valence-corrected chi connectivity index (χ0v) is 9.48. The predicted octanol–water partition coefficient (Wildman–Crippen LogP) is 3.28. The van der Waals surface area contributed by atoms with Gasteiger partial charge in [0, 0.05) is 12.0 Å². The Kier molecular flexibility index (Phi) is 3.54. The summed E-state index contributed by atoms with van der Waals surface area (Å²) in [5.41, 5.74) is 2.00. The molecule has 2 nitrogen and oxygen atoms in total. The molecule has 0 saturated heterocycles. The van der Waals surface area contributed by atoms with E-state index >= 15 is 0 Å². The number of fused-ring (bicyclic) bond motifs is 1. The lowest BCUT2D eigenvalue weighted by Crippen LogP contribution is -1.81. The Bertz CT molecular complexity index is 522. The number of pyridine rings is 1. The topological polar surface area (TPSA) is 33.1 Å². The van der Waals surface area contributed by atoms with Gasteiger partial charge < -0.3 is 5.11 Å². The summed E-state index contributed by atoms with van der Waals surface area (Å²) in [5.74, 6) is 0. The summed E-state index contributed by atoms with van der Waals surface area (Å²) in [4.78, 5) is 4.21. The molecular weight excluding hydrogens is 222 g/mol. The highest BCUT2D eigenvalue weighted by Gasteiger charge is 1.96. The van der Waals surface area contributed by atoms with Crippen LogP contribution >= 0.6 is 11.6 Å². The highest BCUT2D eigenvalue weighted by atomic mass is 35.5. The van der Waals surface area contributed by atoms with E-state index in [1.165, 1.54) is 0 Å². The average Bonchev–Trinajstić information content (AvgIpc) is 2.29. The highest BCUT2D eigenvalue weighted by Crippen LogP contribution is 2.17. The molecule has 0 atom stereocenters. The standard InChI is InChI=1S/C13H12ClNO/c14-13-7-5-11-9-10(3-1-2-8-16)4-6-12(11)15-13/h1,3-7,9,16H,2,8H2. The van der Waals surface area contributed by atoms with Crippen LogP contribution in [0.1, 0.15) is 12.0 Å². The Morgan fingerprint density at radius 2 is 2.12 bits per heavy atom. The van der Waals surface area contributed by atoms with Gasteiger partial charge in [-0.05, 0) is 36.2 Å². The molecule has 0 amide bonds. The Labute approximate surface area is 99.2 Å². The fraction of sp³-hybridized carbons (Fsp3) is 0.154. The molecule has 0 aliphatic rings. The van der Waals surface area contributed by atoms with Crippen molar-refractivity contribution in [2.45, 2.75) is 6.42 Å². The van der Waals surface area contributed by atoms with Crippen LogP contribution in [0, 0.1) is 0 Å². The normalized spacial score (nSPS) is 11.4. The third-order valence-electron chi connectivity index (χ3n) is 2.29. The molecular formula is C13H12ClNO. The Hall–Kier alpha value is -1.38. The van der Waals surface area contributed by atoms with Gasteiger partial charge in [-0.3, -0.25) is 0 Å². The second kappa shape index (κ2) is 5.10. The van der Waals surface area contributed by atoms with Crippen molar-refractivity contribution < 1.29 is 5.11 Å². The zero-order valence-electron chi connectivity index (χ0n) is 8.73. The maximum Gasteiger partial charge on any atom is 0.129 e. The van der Waals surface area contributed by atoms with E-state index in [-0.39, 0.29) is 6.61 Å². The molecule has 2 aromatic rings. The second-order valence-electron chi connectivity index (χ2n) is 3.50. The van der Waals surface area contributed by atoms with Gasteiger partial charge >= 0.3 is 0 Å². The van der Waals surface area contributed by atoms with E-state index in [0.29, 0.717) is 11.6 Å². The number of benzene rings is 1. The fourth-order valence-corrected chi connectivity index (χ4v) is 1.67. The fourth-order valence-electron chi connectivity index (χ4n) is 1.52. The number of halogens is 1. The van der Waals surface area contributed by atoms with E-state index < -0.39 is 0 Å². The first-order valence-corrected chi connectivity index (χ1v) is 5.51. The van der Waals surface area contributed by atoms with Crippen LogP contribution in [0.5, 0.6) is 0 Å². The quantitative estimate of drug-likeness (QED) is 0.826. The van der Waals surface area contributed by atoms with E-state index in [0.717, 1.165) is 16.5 Å². The lowest BCUT2D eigenvalue weighted by Gasteiger charge is -1.99. The maximum absolute atomic E-state index is 8.67. The van der Waals surface area contributed by atoms with Crippen molar-refractivity contribution >= 4 is 28.6 Å². The number of hydrogen-bond acceptors (Lipinski definition) is 2. The van der Waals surface area contributed by atoms with Gasteiger partial charge in [-0.25, -0.2) is 4.98 Å². The highest BCUT2D eigenvalue weighted by molar-refractivity contribution is 6.29. The molecule has 0 saturated carbocycles. The molecule has 0 radical (unpaired) electrons. The van der Waals surface area contributed by atoms with Gasteiger partial charge in [-0.1, -0.05) is 29.8 Å². The summed E-state index contributed by atoms with van der Waals surface area (Å²) in [7, 11) is 0. The number of hydrogen-bond donors (Lipinski definition) is 1. The van der Waals surface area contributed by atoms with Crippen LogP contribution in [-0.4, -0.2) is 16.7 Å². The van der Waals surface area contributed by atoms with Gasteiger partial charge in [0.1, 0.15) is 5.15 Å². The number of aromatic nitrogens is 1. The van der Waals surface area contributed by atoms with Gasteiger partial charge in [-0.2, -0.15) is 0 Å². The van der Waals surface area contributed by atoms with Gasteiger partial charge in [0.2, 0.25) is 0 Å². The van der Waals surface area contributed by atoms with Gasteiger partial charge in [0.05, 0.1) is 5.52 Å². The molecule has 0 unspecified atom stereocenters. The first kappa shape index (κ1) is 11.1. The van der Waals surface area contributed by atoms with Crippen LogP contribution in [0.3, 0.4) is 0 Å². The van der Waals surface area contributed by atoms with E-state index in [1.54, 1.807) is 6.07 Å². The molecule has 16 heavy (non-hydrogen) atoms. The first-order chi connectivity index (χ1) is 7.79. The number of aliphatic hydroxyl groups is 1. The molecule has 0 spiro atoms. The average molecular weight is 234 g/mol. The smallest absolute Gasteiger partial charge is 0.129 e. The van der Waals surface area contributed by atoms with E-state index in [9.17, 15) is 0 Å². The van der Waals surface area contributed by atoms with Crippen LogP contribution in [0.2, 0.25) is 5.15 Å². The SMILES string of the molecule is OCCC=Cc1ccc2nc(Cl)ccc2c1. The van der Waals surface area contributed by atoms with Crippen molar-refractivity contribution in [1.82, 2.24) is 4.98 Å². The Morgan fingerprint density at radius 3 is 2.94 bits per heavy atom. The summed E-state index contributed by atoms with van der Waals surface area (Å²) in [5, 5.41) is 10.2. The molecule has 0 fully saturated rings. The summed E-state index contributed by atoms with van der Waals surface area (Å²) in [6, 6.07) is 9.71. The van der Waals surface area contributed by atoms with Crippen LogP contribution < -0.4 is 0 Å². The number of nitrogens with zero attached hydrogens (tertiary/aromatic N) is 1. The Balaban J connectivity index is 2.33. The summed E-state index contributed by atoms with van der Waals surface area (Å²) < 4.78 is 0. The minimum atomic E-state index is 0.182. The molecule has 1 N–H and O–H groups in total. The van der Waals surface area contributed by atoms with Crippen molar-refractivity contribution in [2.75, 3.05) is 6.61 Å². The molecule has 0 aliphatic carbocycles.